The normalized spacial score (nSPS) is 34.8. The van der Waals surface area contributed by atoms with Gasteiger partial charge in [0.15, 0.2) is 0 Å². The van der Waals surface area contributed by atoms with Gasteiger partial charge in [-0.1, -0.05) is 6.92 Å². The summed E-state index contributed by atoms with van der Waals surface area (Å²) in [4.78, 5) is 2.36. The second kappa shape index (κ2) is 3.69. The molecule has 1 saturated heterocycles. The largest absolute Gasteiger partial charge is 0.303 e. The van der Waals surface area contributed by atoms with Crippen LogP contribution in [0.5, 0.6) is 0 Å². The van der Waals surface area contributed by atoms with E-state index in [-0.39, 0.29) is 18.3 Å². The van der Waals surface area contributed by atoms with Crippen molar-refractivity contribution >= 4 is 0 Å². The highest BCUT2D eigenvalue weighted by atomic mass is 19.3. The Kier molecular flexibility index (Phi) is 2.78. The van der Waals surface area contributed by atoms with Crippen LogP contribution in [0.15, 0.2) is 0 Å². The van der Waals surface area contributed by atoms with Gasteiger partial charge in [-0.15, -0.1) is 0 Å². The predicted molar refractivity (Wildman–Crippen MR) is 57.2 cm³/mol. The van der Waals surface area contributed by atoms with Crippen molar-refractivity contribution in [2.24, 2.45) is 5.41 Å². The molecule has 2 fully saturated rings. The molecular formula is C12H21F2N. The van der Waals surface area contributed by atoms with Crippen LogP contribution in [0.3, 0.4) is 0 Å². The van der Waals surface area contributed by atoms with Crippen LogP contribution in [0.1, 0.15) is 45.4 Å². The van der Waals surface area contributed by atoms with Crippen molar-refractivity contribution in [3.05, 3.63) is 0 Å². The van der Waals surface area contributed by atoms with Gasteiger partial charge in [-0.25, -0.2) is 8.78 Å². The SMILES string of the molecule is CC[C@@H]1CC2(CCC(F)(F)CC2)CN1C. The molecule has 0 bridgehead atoms. The highest BCUT2D eigenvalue weighted by molar-refractivity contribution is 4.98. The lowest BCUT2D eigenvalue weighted by molar-refractivity contribution is -0.0646. The summed E-state index contributed by atoms with van der Waals surface area (Å²) in [6, 6.07) is 0.622. The van der Waals surface area contributed by atoms with Crippen molar-refractivity contribution in [1.82, 2.24) is 4.90 Å². The molecule has 1 heterocycles. The van der Waals surface area contributed by atoms with E-state index in [0.717, 1.165) is 32.2 Å². The maximum Gasteiger partial charge on any atom is 0.248 e. The van der Waals surface area contributed by atoms with Crippen LogP contribution in [0.4, 0.5) is 8.78 Å². The maximum atomic E-state index is 13.1. The third kappa shape index (κ3) is 2.17. The van der Waals surface area contributed by atoms with Crippen molar-refractivity contribution in [1.29, 1.82) is 0 Å². The number of hydrogen-bond donors (Lipinski definition) is 0. The Hall–Kier alpha value is -0.180. The average molecular weight is 217 g/mol. The Bertz CT molecular complexity index is 230. The summed E-state index contributed by atoms with van der Waals surface area (Å²) < 4.78 is 26.2. The Labute approximate surface area is 90.8 Å². The van der Waals surface area contributed by atoms with E-state index in [1.165, 1.54) is 0 Å². The van der Waals surface area contributed by atoms with Gasteiger partial charge in [0.25, 0.3) is 0 Å². The van der Waals surface area contributed by atoms with Crippen molar-refractivity contribution in [3.63, 3.8) is 0 Å². The zero-order valence-electron chi connectivity index (χ0n) is 9.73. The van der Waals surface area contributed by atoms with Crippen LogP contribution in [0.2, 0.25) is 0 Å². The Morgan fingerprint density at radius 3 is 2.27 bits per heavy atom. The minimum absolute atomic E-state index is 0.108. The molecule has 0 N–H and O–H groups in total. The van der Waals surface area contributed by atoms with E-state index in [1.807, 2.05) is 0 Å². The zero-order valence-corrected chi connectivity index (χ0v) is 9.73. The van der Waals surface area contributed by atoms with Crippen molar-refractivity contribution < 1.29 is 8.78 Å². The first-order valence-electron chi connectivity index (χ1n) is 6.04. The predicted octanol–water partition coefficient (Wildman–Crippen LogP) is 3.30. The second-order valence-corrected chi connectivity index (χ2v) is 5.54. The lowest BCUT2D eigenvalue weighted by Crippen LogP contribution is -2.35. The van der Waals surface area contributed by atoms with E-state index < -0.39 is 5.92 Å². The fourth-order valence-electron chi connectivity index (χ4n) is 3.34. The van der Waals surface area contributed by atoms with E-state index in [2.05, 4.69) is 18.9 Å². The van der Waals surface area contributed by atoms with Gasteiger partial charge < -0.3 is 4.90 Å². The molecule has 1 aliphatic carbocycles. The summed E-state index contributed by atoms with van der Waals surface area (Å²) in [5, 5.41) is 0. The molecule has 0 unspecified atom stereocenters. The third-order valence-electron chi connectivity index (χ3n) is 4.39. The molecule has 0 aromatic heterocycles. The van der Waals surface area contributed by atoms with Crippen LogP contribution in [-0.4, -0.2) is 30.5 Å². The second-order valence-electron chi connectivity index (χ2n) is 5.54. The van der Waals surface area contributed by atoms with Crippen LogP contribution in [0.25, 0.3) is 0 Å². The lowest BCUT2D eigenvalue weighted by atomic mass is 9.71. The third-order valence-corrected chi connectivity index (χ3v) is 4.39. The molecule has 2 rings (SSSR count). The first kappa shape index (κ1) is 11.3. The molecule has 1 atom stereocenters. The van der Waals surface area contributed by atoms with E-state index >= 15 is 0 Å². The first-order valence-corrected chi connectivity index (χ1v) is 6.04. The summed E-state index contributed by atoms with van der Waals surface area (Å²) in [6.45, 7) is 3.22. The van der Waals surface area contributed by atoms with Crippen LogP contribution >= 0.6 is 0 Å². The smallest absolute Gasteiger partial charge is 0.248 e. The van der Waals surface area contributed by atoms with Gasteiger partial charge in [-0.2, -0.15) is 0 Å². The quantitative estimate of drug-likeness (QED) is 0.651. The molecule has 1 aliphatic heterocycles. The maximum absolute atomic E-state index is 13.1. The average Bonchev–Trinajstić information content (AvgIpc) is 2.49. The van der Waals surface area contributed by atoms with E-state index in [4.69, 9.17) is 0 Å². The standard InChI is InChI=1S/C12H21F2N/c1-3-10-8-11(9-15(10)2)4-6-12(13,14)7-5-11/h10H,3-9H2,1-2H3/t10-/m1/s1. The summed E-state index contributed by atoms with van der Waals surface area (Å²) in [7, 11) is 2.13. The molecule has 0 aromatic carbocycles. The van der Waals surface area contributed by atoms with E-state index in [9.17, 15) is 8.78 Å². The van der Waals surface area contributed by atoms with Crippen LogP contribution in [-0.2, 0) is 0 Å². The number of hydrogen-bond acceptors (Lipinski definition) is 1. The van der Waals surface area contributed by atoms with Gasteiger partial charge in [0.1, 0.15) is 0 Å². The molecule has 88 valence electrons. The number of nitrogens with zero attached hydrogens (tertiary/aromatic N) is 1. The van der Waals surface area contributed by atoms with Crippen molar-refractivity contribution in [2.75, 3.05) is 13.6 Å². The van der Waals surface area contributed by atoms with Gasteiger partial charge in [0.2, 0.25) is 5.92 Å². The molecule has 3 heteroatoms. The number of halogens is 2. The minimum Gasteiger partial charge on any atom is -0.303 e. The Morgan fingerprint density at radius 2 is 1.80 bits per heavy atom. The topological polar surface area (TPSA) is 3.24 Å². The molecular weight excluding hydrogens is 196 g/mol. The summed E-state index contributed by atoms with van der Waals surface area (Å²) in [5.74, 6) is -2.38. The molecule has 1 spiro atoms. The minimum atomic E-state index is -2.38. The Morgan fingerprint density at radius 1 is 1.20 bits per heavy atom. The van der Waals surface area contributed by atoms with Crippen molar-refractivity contribution in [3.8, 4) is 0 Å². The van der Waals surface area contributed by atoms with Gasteiger partial charge in [0, 0.05) is 25.4 Å². The van der Waals surface area contributed by atoms with Crippen LogP contribution < -0.4 is 0 Å². The summed E-state index contributed by atoms with van der Waals surface area (Å²) in [6.07, 6.45) is 3.95. The Balaban J connectivity index is 2.00. The zero-order chi connectivity index (χ0) is 11.1. The van der Waals surface area contributed by atoms with E-state index in [1.54, 1.807) is 0 Å². The van der Waals surface area contributed by atoms with E-state index in [0.29, 0.717) is 6.04 Å². The van der Waals surface area contributed by atoms with Gasteiger partial charge >= 0.3 is 0 Å². The number of alkyl halides is 2. The molecule has 1 saturated carbocycles. The van der Waals surface area contributed by atoms with Crippen LogP contribution in [0, 0.1) is 5.41 Å². The monoisotopic (exact) mass is 217 g/mol. The molecule has 0 aromatic rings. The summed E-state index contributed by atoms with van der Waals surface area (Å²) >= 11 is 0. The first-order chi connectivity index (χ1) is 6.96. The van der Waals surface area contributed by atoms with Crippen molar-refractivity contribution in [2.45, 2.75) is 57.4 Å². The molecule has 2 aliphatic rings. The van der Waals surface area contributed by atoms with Gasteiger partial charge in [-0.3, -0.25) is 0 Å². The summed E-state index contributed by atoms with van der Waals surface area (Å²) in [5.41, 5.74) is 0.219. The number of likely N-dealkylation sites (tertiary alicyclic amines) is 1. The highest BCUT2D eigenvalue weighted by Gasteiger charge is 2.48. The lowest BCUT2D eigenvalue weighted by Gasteiger charge is -2.37. The molecule has 0 amide bonds. The van der Waals surface area contributed by atoms with Gasteiger partial charge in [-0.05, 0) is 38.1 Å². The molecule has 0 radical (unpaired) electrons. The fraction of sp³-hybridized carbons (Fsp3) is 1.00. The molecule has 1 nitrogen and oxygen atoms in total. The molecule has 15 heavy (non-hydrogen) atoms. The van der Waals surface area contributed by atoms with Gasteiger partial charge in [0.05, 0.1) is 0 Å². The highest BCUT2D eigenvalue weighted by Crippen LogP contribution is 2.50. The fourth-order valence-corrected chi connectivity index (χ4v) is 3.34. The number of rotatable bonds is 1.